The molecule has 0 radical (unpaired) electrons. The highest BCUT2D eigenvalue weighted by Gasteiger charge is 2.14. The van der Waals surface area contributed by atoms with E-state index in [1.54, 1.807) is 0 Å². The number of nitrogens with one attached hydrogen (secondary N) is 1. The van der Waals surface area contributed by atoms with E-state index in [2.05, 4.69) is 76.1 Å². The second-order valence-electron chi connectivity index (χ2n) is 17.5. The third-order valence-electron chi connectivity index (χ3n) is 10.5. The molecular formula is C50H98N2O4. The van der Waals surface area contributed by atoms with E-state index in [9.17, 15) is 4.79 Å². The Morgan fingerprint density at radius 3 is 1.34 bits per heavy atom. The number of ether oxygens (including phenoxy) is 3. The SMILES string of the molecule is CCCCCCCCC=CCCCCCCCCOCC(COC(=O)NCCN(CC(C)C)CC(C)C)OCCCCCCCCC=CCCCCCCCC. The minimum Gasteiger partial charge on any atom is -0.447 e. The number of carbonyl (C=O) groups is 1. The van der Waals surface area contributed by atoms with Crippen LogP contribution in [0.5, 0.6) is 0 Å². The fourth-order valence-corrected chi connectivity index (χ4v) is 7.24. The Morgan fingerprint density at radius 2 is 0.911 bits per heavy atom. The molecule has 0 aromatic heterocycles. The summed E-state index contributed by atoms with van der Waals surface area (Å²) in [4.78, 5) is 15.0. The van der Waals surface area contributed by atoms with Gasteiger partial charge in [-0.2, -0.15) is 0 Å². The Morgan fingerprint density at radius 1 is 0.518 bits per heavy atom. The van der Waals surface area contributed by atoms with Gasteiger partial charge in [0, 0.05) is 39.4 Å². The highest BCUT2D eigenvalue weighted by atomic mass is 16.6. The first kappa shape index (κ1) is 54.6. The Hall–Kier alpha value is -1.37. The summed E-state index contributed by atoms with van der Waals surface area (Å²) >= 11 is 0. The number of alkyl carbamates (subject to hydrolysis) is 1. The molecular weight excluding hydrogens is 693 g/mol. The van der Waals surface area contributed by atoms with E-state index in [1.807, 2.05) is 0 Å². The lowest BCUT2D eigenvalue weighted by atomic mass is 10.1. The van der Waals surface area contributed by atoms with Gasteiger partial charge in [0.2, 0.25) is 0 Å². The van der Waals surface area contributed by atoms with E-state index in [0.29, 0.717) is 31.6 Å². The summed E-state index contributed by atoms with van der Waals surface area (Å²) in [6.07, 6.45) is 45.4. The zero-order chi connectivity index (χ0) is 41.0. The van der Waals surface area contributed by atoms with Crippen LogP contribution in [0.3, 0.4) is 0 Å². The van der Waals surface area contributed by atoms with Crippen LogP contribution in [-0.2, 0) is 14.2 Å². The second-order valence-corrected chi connectivity index (χ2v) is 17.5. The number of unbranched alkanes of at least 4 members (excludes halogenated alkanes) is 24. The van der Waals surface area contributed by atoms with Crippen LogP contribution >= 0.6 is 0 Å². The molecule has 6 nitrogen and oxygen atoms in total. The second kappa shape index (κ2) is 44.7. The largest absolute Gasteiger partial charge is 0.447 e. The predicted molar refractivity (Wildman–Crippen MR) is 245 cm³/mol. The van der Waals surface area contributed by atoms with E-state index >= 15 is 0 Å². The van der Waals surface area contributed by atoms with Gasteiger partial charge in [-0.1, -0.05) is 181 Å². The Labute approximate surface area is 350 Å². The molecule has 1 atom stereocenters. The molecule has 1 N–H and O–H groups in total. The molecule has 0 fully saturated rings. The third-order valence-corrected chi connectivity index (χ3v) is 10.5. The first-order valence-electron chi connectivity index (χ1n) is 24.5. The molecule has 332 valence electrons. The Balaban J connectivity index is 4.26. The lowest BCUT2D eigenvalue weighted by Gasteiger charge is -2.26. The average Bonchev–Trinajstić information content (AvgIpc) is 3.16. The monoisotopic (exact) mass is 791 g/mol. The van der Waals surface area contributed by atoms with Gasteiger partial charge in [0.15, 0.2) is 0 Å². The number of carbonyl (C=O) groups excluding carboxylic acids is 1. The fourth-order valence-electron chi connectivity index (χ4n) is 7.24. The fraction of sp³-hybridized carbons (Fsp3) is 0.900. The molecule has 6 heteroatoms. The maximum Gasteiger partial charge on any atom is 0.407 e. The summed E-state index contributed by atoms with van der Waals surface area (Å²) in [6, 6.07) is 0. The highest BCUT2D eigenvalue weighted by molar-refractivity contribution is 5.67. The maximum atomic E-state index is 12.6. The smallest absolute Gasteiger partial charge is 0.407 e. The summed E-state index contributed by atoms with van der Waals surface area (Å²) in [5.41, 5.74) is 0. The van der Waals surface area contributed by atoms with E-state index in [1.165, 1.54) is 167 Å². The van der Waals surface area contributed by atoms with Crippen LogP contribution in [0.25, 0.3) is 0 Å². The summed E-state index contributed by atoms with van der Waals surface area (Å²) in [5, 5.41) is 2.96. The van der Waals surface area contributed by atoms with Gasteiger partial charge in [-0.3, -0.25) is 0 Å². The molecule has 0 aliphatic rings. The van der Waals surface area contributed by atoms with Gasteiger partial charge in [-0.15, -0.1) is 0 Å². The minimum atomic E-state index is -0.363. The third kappa shape index (κ3) is 43.7. The van der Waals surface area contributed by atoms with Crippen molar-refractivity contribution in [2.24, 2.45) is 11.8 Å². The van der Waals surface area contributed by atoms with Gasteiger partial charge in [-0.25, -0.2) is 4.79 Å². The standard InChI is InChI=1S/C50H98N2O4/c1-7-9-11-13-15-17-19-21-23-25-27-29-31-33-35-37-41-54-45-49(46-56-50(53)51-39-40-52(43-47(3)4)44-48(5)6)55-42-38-36-34-32-30-28-26-24-22-20-18-16-14-12-10-8-2/h21-24,47-49H,7-20,25-46H2,1-6H3,(H,51,53). The average molecular weight is 791 g/mol. The maximum absolute atomic E-state index is 12.6. The molecule has 0 aliphatic heterocycles. The molecule has 0 aliphatic carbocycles. The van der Waals surface area contributed by atoms with Crippen LogP contribution in [0.2, 0.25) is 0 Å². The van der Waals surface area contributed by atoms with Crippen LogP contribution in [-0.4, -0.2) is 69.7 Å². The van der Waals surface area contributed by atoms with Crippen LogP contribution in [0.15, 0.2) is 24.3 Å². The summed E-state index contributed by atoms with van der Waals surface area (Å²) < 4.78 is 17.9. The molecule has 1 unspecified atom stereocenters. The summed E-state index contributed by atoms with van der Waals surface area (Å²) in [6.45, 7) is 19.2. The molecule has 0 bridgehead atoms. The summed E-state index contributed by atoms with van der Waals surface area (Å²) in [5.74, 6) is 1.20. The van der Waals surface area contributed by atoms with Crippen molar-refractivity contribution in [3.8, 4) is 0 Å². The van der Waals surface area contributed by atoms with Crippen molar-refractivity contribution < 1.29 is 19.0 Å². The zero-order valence-electron chi connectivity index (χ0n) is 38.6. The quantitative estimate of drug-likeness (QED) is 0.0492. The number of allylic oxidation sites excluding steroid dienone is 4. The van der Waals surface area contributed by atoms with Crippen LogP contribution in [0.4, 0.5) is 4.79 Å². The lowest BCUT2D eigenvalue weighted by Crippen LogP contribution is -2.39. The molecule has 56 heavy (non-hydrogen) atoms. The molecule has 0 saturated carbocycles. The van der Waals surface area contributed by atoms with Crippen LogP contribution in [0.1, 0.15) is 221 Å². The number of nitrogens with zero attached hydrogens (tertiary/aromatic N) is 1. The molecule has 0 rings (SSSR count). The first-order valence-corrected chi connectivity index (χ1v) is 24.5. The highest BCUT2D eigenvalue weighted by Crippen LogP contribution is 2.13. The van der Waals surface area contributed by atoms with Gasteiger partial charge < -0.3 is 24.4 Å². The normalized spacial score (nSPS) is 12.7. The van der Waals surface area contributed by atoms with E-state index in [0.717, 1.165) is 39.1 Å². The van der Waals surface area contributed by atoms with Gasteiger partial charge in [-0.05, 0) is 76.0 Å². The van der Waals surface area contributed by atoms with Crippen molar-refractivity contribution in [3.63, 3.8) is 0 Å². The topological polar surface area (TPSA) is 60.0 Å². The molecule has 1 amide bonds. The summed E-state index contributed by atoms with van der Waals surface area (Å²) in [7, 11) is 0. The van der Waals surface area contributed by atoms with Crippen molar-refractivity contribution in [3.05, 3.63) is 24.3 Å². The van der Waals surface area contributed by atoms with Gasteiger partial charge in [0.25, 0.3) is 0 Å². The molecule has 0 heterocycles. The zero-order valence-corrected chi connectivity index (χ0v) is 38.6. The Bertz CT molecular complexity index is 835. The number of amides is 1. The van der Waals surface area contributed by atoms with Gasteiger partial charge >= 0.3 is 6.09 Å². The molecule has 0 saturated heterocycles. The minimum absolute atomic E-state index is 0.226. The van der Waals surface area contributed by atoms with Crippen molar-refractivity contribution in [1.82, 2.24) is 10.2 Å². The van der Waals surface area contributed by atoms with Crippen LogP contribution < -0.4 is 5.32 Å². The van der Waals surface area contributed by atoms with Crippen molar-refractivity contribution in [2.45, 2.75) is 227 Å². The number of hydrogen-bond acceptors (Lipinski definition) is 5. The van der Waals surface area contributed by atoms with Crippen molar-refractivity contribution in [1.29, 1.82) is 0 Å². The first-order chi connectivity index (χ1) is 27.4. The molecule has 0 spiro atoms. The Kier molecular flexibility index (Phi) is 43.6. The van der Waals surface area contributed by atoms with E-state index in [-0.39, 0.29) is 18.8 Å². The van der Waals surface area contributed by atoms with E-state index < -0.39 is 0 Å². The predicted octanol–water partition coefficient (Wildman–Crippen LogP) is 14.8. The van der Waals surface area contributed by atoms with Crippen LogP contribution in [0, 0.1) is 11.8 Å². The van der Waals surface area contributed by atoms with E-state index in [4.69, 9.17) is 14.2 Å². The molecule has 0 aromatic carbocycles. The van der Waals surface area contributed by atoms with Crippen molar-refractivity contribution in [2.75, 3.05) is 52.6 Å². The van der Waals surface area contributed by atoms with Gasteiger partial charge in [0.1, 0.15) is 12.7 Å². The number of rotatable bonds is 44. The van der Waals surface area contributed by atoms with Gasteiger partial charge in [0.05, 0.1) is 6.61 Å². The molecule has 0 aromatic rings. The van der Waals surface area contributed by atoms with Crippen molar-refractivity contribution >= 4 is 6.09 Å². The number of hydrogen-bond donors (Lipinski definition) is 1. The lowest BCUT2D eigenvalue weighted by molar-refractivity contribution is -0.0468.